The summed E-state index contributed by atoms with van der Waals surface area (Å²) in [6, 6.07) is 12.3. The molecule has 5 nitrogen and oxygen atoms in total. The van der Waals surface area contributed by atoms with Crippen LogP contribution in [0, 0.1) is 0 Å². The Morgan fingerprint density at radius 2 is 1.85 bits per heavy atom. The van der Waals surface area contributed by atoms with Crippen molar-refractivity contribution in [2.75, 3.05) is 25.5 Å². The van der Waals surface area contributed by atoms with Crippen molar-refractivity contribution in [3.63, 3.8) is 0 Å². The van der Waals surface area contributed by atoms with E-state index in [1.54, 1.807) is 30.3 Å². The molecule has 0 radical (unpaired) electrons. The second-order valence-corrected chi connectivity index (χ2v) is 6.39. The molecule has 7 heteroatoms. The Kier molecular flexibility index (Phi) is 7.75. The van der Waals surface area contributed by atoms with Crippen LogP contribution in [0.2, 0.25) is 10.0 Å². The summed E-state index contributed by atoms with van der Waals surface area (Å²) in [5, 5.41) is 7.11. The topological polar surface area (TPSA) is 67.4 Å². The minimum absolute atomic E-state index is 0.0851. The Labute approximate surface area is 162 Å². The maximum absolute atomic E-state index is 11.9. The molecule has 0 heterocycles. The van der Waals surface area contributed by atoms with E-state index in [0.29, 0.717) is 40.8 Å². The molecule has 0 aliphatic rings. The van der Waals surface area contributed by atoms with Gasteiger partial charge in [0.2, 0.25) is 5.91 Å². The van der Waals surface area contributed by atoms with Crippen LogP contribution in [0.25, 0.3) is 0 Å². The van der Waals surface area contributed by atoms with Crippen LogP contribution < -0.4 is 10.6 Å². The molecule has 2 rings (SSSR count). The second-order valence-electron chi connectivity index (χ2n) is 5.55. The normalized spacial score (nSPS) is 10.3. The molecule has 0 spiro atoms. The molecule has 0 saturated carbocycles. The van der Waals surface area contributed by atoms with Crippen LogP contribution in [0.4, 0.5) is 5.69 Å². The number of amides is 1. The van der Waals surface area contributed by atoms with Gasteiger partial charge in [-0.2, -0.15) is 0 Å². The fraction of sp³-hybridized carbons (Fsp3) is 0.263. The van der Waals surface area contributed by atoms with Crippen molar-refractivity contribution in [3.8, 4) is 0 Å². The number of hydrogen-bond acceptors (Lipinski definition) is 4. The molecule has 2 N–H and O–H groups in total. The van der Waals surface area contributed by atoms with E-state index in [9.17, 15) is 9.59 Å². The minimum Gasteiger partial charge on any atom is -0.465 e. The van der Waals surface area contributed by atoms with Gasteiger partial charge in [-0.1, -0.05) is 41.4 Å². The van der Waals surface area contributed by atoms with E-state index >= 15 is 0 Å². The first kappa shape index (κ1) is 20.1. The van der Waals surface area contributed by atoms with Crippen molar-refractivity contribution in [1.29, 1.82) is 0 Å². The molecule has 0 aliphatic heterocycles. The van der Waals surface area contributed by atoms with Gasteiger partial charge in [0.1, 0.15) is 0 Å². The monoisotopic (exact) mass is 394 g/mol. The van der Waals surface area contributed by atoms with Gasteiger partial charge in [-0.3, -0.25) is 4.79 Å². The van der Waals surface area contributed by atoms with Gasteiger partial charge in [0.15, 0.2) is 0 Å². The highest BCUT2D eigenvalue weighted by atomic mass is 35.5. The maximum atomic E-state index is 11.9. The second kappa shape index (κ2) is 10.0. The molecule has 1 amide bonds. The van der Waals surface area contributed by atoms with Gasteiger partial charge in [-0.05, 0) is 36.2 Å². The average molecular weight is 395 g/mol. The fourth-order valence-corrected chi connectivity index (χ4v) is 2.89. The van der Waals surface area contributed by atoms with Gasteiger partial charge < -0.3 is 15.4 Å². The van der Waals surface area contributed by atoms with E-state index < -0.39 is 5.97 Å². The molecule has 0 aromatic heterocycles. The molecule has 0 fully saturated rings. The number of esters is 1. The summed E-state index contributed by atoms with van der Waals surface area (Å²) in [4.78, 5) is 23.6. The van der Waals surface area contributed by atoms with Crippen molar-refractivity contribution in [2.24, 2.45) is 0 Å². The van der Waals surface area contributed by atoms with Crippen LogP contribution in [-0.2, 0) is 16.0 Å². The van der Waals surface area contributed by atoms with Crippen LogP contribution >= 0.6 is 23.2 Å². The average Bonchev–Trinajstić information content (AvgIpc) is 2.63. The molecule has 2 aromatic rings. The quantitative estimate of drug-likeness (QED) is 0.665. The summed E-state index contributed by atoms with van der Waals surface area (Å²) in [5.41, 5.74) is 2.01. The van der Waals surface area contributed by atoms with Crippen LogP contribution in [0.3, 0.4) is 0 Å². The SMILES string of the molecule is COC(=O)c1ccccc1NCCC(=O)NCCc1ccc(Cl)cc1Cl. The number of anilines is 1. The standard InChI is InChI=1S/C19H20Cl2N2O3/c1-26-19(25)15-4-2-3-5-17(15)22-11-9-18(24)23-10-8-13-6-7-14(20)12-16(13)21/h2-7,12,22H,8-11H2,1H3,(H,23,24). The highest BCUT2D eigenvalue weighted by molar-refractivity contribution is 6.35. The molecular formula is C19H20Cl2N2O3. The Morgan fingerprint density at radius 1 is 1.08 bits per heavy atom. The number of methoxy groups -OCH3 is 1. The van der Waals surface area contributed by atoms with E-state index in [-0.39, 0.29) is 12.3 Å². The Morgan fingerprint density at radius 3 is 2.58 bits per heavy atom. The Balaban J connectivity index is 1.75. The molecule has 26 heavy (non-hydrogen) atoms. The number of para-hydroxylation sites is 1. The number of benzene rings is 2. The van der Waals surface area contributed by atoms with Crippen molar-refractivity contribution in [2.45, 2.75) is 12.8 Å². The number of halogens is 2. The van der Waals surface area contributed by atoms with E-state index in [1.807, 2.05) is 12.1 Å². The van der Waals surface area contributed by atoms with Crippen LogP contribution in [0.5, 0.6) is 0 Å². The highest BCUT2D eigenvalue weighted by Gasteiger charge is 2.11. The summed E-state index contributed by atoms with van der Waals surface area (Å²) < 4.78 is 4.74. The van der Waals surface area contributed by atoms with Gasteiger partial charge >= 0.3 is 5.97 Å². The summed E-state index contributed by atoms with van der Waals surface area (Å²) >= 11 is 12.0. The Hall–Kier alpha value is -2.24. The highest BCUT2D eigenvalue weighted by Crippen LogP contribution is 2.21. The first-order valence-corrected chi connectivity index (χ1v) is 8.88. The van der Waals surface area contributed by atoms with Crippen LogP contribution in [-0.4, -0.2) is 32.1 Å². The summed E-state index contributed by atoms with van der Waals surface area (Å²) in [5.74, 6) is -0.504. The first-order valence-electron chi connectivity index (χ1n) is 8.13. The fourth-order valence-electron chi connectivity index (χ4n) is 2.39. The molecule has 2 aromatic carbocycles. The van der Waals surface area contributed by atoms with Crippen LogP contribution in [0.15, 0.2) is 42.5 Å². The molecule has 0 saturated heterocycles. The lowest BCUT2D eigenvalue weighted by Crippen LogP contribution is -2.27. The largest absolute Gasteiger partial charge is 0.465 e. The number of nitrogens with one attached hydrogen (secondary N) is 2. The number of carbonyl (C=O) groups excluding carboxylic acids is 2. The lowest BCUT2D eigenvalue weighted by molar-refractivity contribution is -0.120. The smallest absolute Gasteiger partial charge is 0.339 e. The third-order valence-corrected chi connectivity index (χ3v) is 4.32. The predicted octanol–water partition coefficient (Wildman–Crippen LogP) is 3.94. The van der Waals surface area contributed by atoms with E-state index in [1.165, 1.54) is 7.11 Å². The zero-order valence-corrected chi connectivity index (χ0v) is 15.9. The third-order valence-electron chi connectivity index (χ3n) is 3.73. The summed E-state index contributed by atoms with van der Waals surface area (Å²) in [7, 11) is 1.33. The zero-order valence-electron chi connectivity index (χ0n) is 14.4. The predicted molar refractivity (Wildman–Crippen MR) is 104 cm³/mol. The lowest BCUT2D eigenvalue weighted by atomic mass is 10.1. The number of rotatable bonds is 8. The minimum atomic E-state index is -0.419. The maximum Gasteiger partial charge on any atom is 0.339 e. The Bertz CT molecular complexity index is 781. The van der Waals surface area contributed by atoms with Gasteiger partial charge in [0.25, 0.3) is 0 Å². The summed E-state index contributed by atoms with van der Waals surface area (Å²) in [6.45, 7) is 0.889. The van der Waals surface area contributed by atoms with Crippen molar-refractivity contribution < 1.29 is 14.3 Å². The first-order chi connectivity index (χ1) is 12.5. The van der Waals surface area contributed by atoms with Crippen molar-refractivity contribution in [3.05, 3.63) is 63.6 Å². The molecule has 0 atom stereocenters. The molecule has 0 bridgehead atoms. The van der Waals surface area contributed by atoms with Gasteiger partial charge in [-0.15, -0.1) is 0 Å². The van der Waals surface area contributed by atoms with E-state index in [4.69, 9.17) is 27.9 Å². The summed E-state index contributed by atoms with van der Waals surface area (Å²) in [6.07, 6.45) is 0.907. The van der Waals surface area contributed by atoms with Crippen LogP contribution in [0.1, 0.15) is 22.3 Å². The number of ether oxygens (including phenoxy) is 1. The zero-order chi connectivity index (χ0) is 18.9. The van der Waals surface area contributed by atoms with Gasteiger partial charge in [0.05, 0.1) is 12.7 Å². The van der Waals surface area contributed by atoms with E-state index in [0.717, 1.165) is 5.56 Å². The number of carbonyl (C=O) groups is 2. The molecule has 0 aliphatic carbocycles. The molecule has 138 valence electrons. The van der Waals surface area contributed by atoms with E-state index in [2.05, 4.69) is 10.6 Å². The lowest BCUT2D eigenvalue weighted by Gasteiger charge is -2.11. The molecule has 0 unspecified atom stereocenters. The number of hydrogen-bond donors (Lipinski definition) is 2. The van der Waals surface area contributed by atoms with Gasteiger partial charge in [-0.25, -0.2) is 4.79 Å². The third kappa shape index (κ3) is 5.93. The van der Waals surface area contributed by atoms with Crippen molar-refractivity contribution in [1.82, 2.24) is 5.32 Å². The van der Waals surface area contributed by atoms with Crippen molar-refractivity contribution >= 4 is 40.8 Å². The molecular weight excluding hydrogens is 375 g/mol. The van der Waals surface area contributed by atoms with Gasteiger partial charge in [0, 0.05) is 35.2 Å².